The van der Waals surface area contributed by atoms with Gasteiger partial charge in [-0.25, -0.2) is 4.98 Å². The van der Waals surface area contributed by atoms with Gasteiger partial charge in [0.15, 0.2) is 0 Å². The van der Waals surface area contributed by atoms with Gasteiger partial charge in [0.1, 0.15) is 5.82 Å². The van der Waals surface area contributed by atoms with Crippen molar-refractivity contribution < 1.29 is 4.79 Å². The van der Waals surface area contributed by atoms with Crippen molar-refractivity contribution in [1.82, 2.24) is 4.98 Å². The van der Waals surface area contributed by atoms with Crippen LogP contribution in [-0.2, 0) is 4.79 Å². The Hall–Kier alpha value is -0.900. The first-order chi connectivity index (χ1) is 8.12. The monoisotopic (exact) mass is 296 g/mol. The minimum absolute atomic E-state index is 0.0941. The minimum atomic E-state index is -0.227. The molecule has 1 N–H and O–H groups in total. The summed E-state index contributed by atoms with van der Waals surface area (Å²) in [7, 11) is 0. The lowest BCUT2D eigenvalue weighted by atomic mass is 9.75. The first-order valence-electron chi connectivity index (χ1n) is 6.04. The van der Waals surface area contributed by atoms with Gasteiger partial charge in [-0.15, -0.1) is 0 Å². The summed E-state index contributed by atoms with van der Waals surface area (Å²) >= 11 is 3.39. The highest BCUT2D eigenvalue weighted by Gasteiger charge is 2.34. The maximum Gasteiger partial charge on any atom is 0.231 e. The topological polar surface area (TPSA) is 42.0 Å². The normalized spacial score (nSPS) is 18.7. The van der Waals surface area contributed by atoms with E-state index in [-0.39, 0.29) is 11.3 Å². The van der Waals surface area contributed by atoms with Gasteiger partial charge in [-0.1, -0.05) is 26.2 Å². The number of nitrogens with one attached hydrogen (secondary N) is 1. The number of aromatic nitrogens is 1. The third-order valence-corrected chi connectivity index (χ3v) is 4.14. The van der Waals surface area contributed by atoms with Crippen molar-refractivity contribution in [3.63, 3.8) is 0 Å². The Bertz CT molecular complexity index is 414. The predicted octanol–water partition coefficient (Wildman–Crippen LogP) is 3.75. The SMILES string of the molecule is CC1(C(=O)Nc2ncccc2Br)CCCCC1. The largest absolute Gasteiger partial charge is 0.309 e. The fourth-order valence-corrected chi connectivity index (χ4v) is 2.65. The second-order valence-electron chi connectivity index (χ2n) is 4.91. The van der Waals surface area contributed by atoms with Crippen molar-refractivity contribution in [2.75, 3.05) is 5.32 Å². The second-order valence-corrected chi connectivity index (χ2v) is 5.76. The number of nitrogens with zero attached hydrogens (tertiary/aromatic N) is 1. The number of halogens is 1. The molecule has 1 heterocycles. The first kappa shape index (κ1) is 12.6. The Morgan fingerprint density at radius 1 is 1.41 bits per heavy atom. The third kappa shape index (κ3) is 2.86. The van der Waals surface area contributed by atoms with E-state index in [0.29, 0.717) is 5.82 Å². The summed E-state index contributed by atoms with van der Waals surface area (Å²) in [6.07, 6.45) is 7.17. The van der Waals surface area contributed by atoms with Gasteiger partial charge in [0.05, 0.1) is 4.47 Å². The Labute approximate surface area is 110 Å². The van der Waals surface area contributed by atoms with Crippen molar-refractivity contribution in [1.29, 1.82) is 0 Å². The quantitative estimate of drug-likeness (QED) is 0.903. The second kappa shape index (κ2) is 5.17. The molecule has 1 fully saturated rings. The summed E-state index contributed by atoms with van der Waals surface area (Å²) in [6, 6.07) is 3.72. The van der Waals surface area contributed by atoms with Gasteiger partial charge >= 0.3 is 0 Å². The molecule has 0 spiro atoms. The molecule has 1 aliphatic carbocycles. The van der Waals surface area contributed by atoms with Crippen LogP contribution in [0.25, 0.3) is 0 Å². The van der Waals surface area contributed by atoms with Crippen LogP contribution in [0, 0.1) is 5.41 Å². The number of carbonyl (C=O) groups is 1. The van der Waals surface area contributed by atoms with Gasteiger partial charge < -0.3 is 5.32 Å². The van der Waals surface area contributed by atoms with Crippen LogP contribution in [0.3, 0.4) is 0 Å². The molecule has 0 radical (unpaired) electrons. The number of amides is 1. The molecule has 1 aromatic heterocycles. The van der Waals surface area contributed by atoms with Crippen molar-refractivity contribution >= 4 is 27.7 Å². The summed E-state index contributed by atoms with van der Waals surface area (Å²) in [6.45, 7) is 2.05. The number of hydrogen-bond donors (Lipinski definition) is 1. The van der Waals surface area contributed by atoms with E-state index in [2.05, 4.69) is 33.2 Å². The first-order valence-corrected chi connectivity index (χ1v) is 6.83. The zero-order valence-corrected chi connectivity index (χ0v) is 11.6. The molecule has 1 aromatic rings. The zero-order valence-electron chi connectivity index (χ0n) is 10.0. The van der Waals surface area contributed by atoms with Gasteiger partial charge in [0, 0.05) is 11.6 Å². The molecular weight excluding hydrogens is 280 g/mol. The van der Waals surface area contributed by atoms with Crippen LogP contribution in [0.2, 0.25) is 0 Å². The molecule has 0 atom stereocenters. The maximum absolute atomic E-state index is 12.3. The lowest BCUT2D eigenvalue weighted by Gasteiger charge is -2.31. The van der Waals surface area contributed by atoms with Crippen molar-refractivity contribution in [2.24, 2.45) is 5.41 Å². The van der Waals surface area contributed by atoms with Gasteiger partial charge in [-0.3, -0.25) is 4.79 Å². The number of pyridine rings is 1. The molecule has 1 amide bonds. The summed E-state index contributed by atoms with van der Waals surface area (Å²) < 4.78 is 0.827. The van der Waals surface area contributed by atoms with Gasteiger partial charge in [0.2, 0.25) is 5.91 Å². The van der Waals surface area contributed by atoms with Crippen molar-refractivity contribution in [3.8, 4) is 0 Å². The summed E-state index contributed by atoms with van der Waals surface area (Å²) in [4.78, 5) is 16.4. The van der Waals surface area contributed by atoms with Crippen LogP contribution in [-0.4, -0.2) is 10.9 Å². The van der Waals surface area contributed by atoms with E-state index in [9.17, 15) is 4.79 Å². The smallest absolute Gasteiger partial charge is 0.231 e. The van der Waals surface area contributed by atoms with Crippen LogP contribution < -0.4 is 5.32 Å². The highest BCUT2D eigenvalue weighted by Crippen LogP contribution is 2.37. The highest BCUT2D eigenvalue weighted by molar-refractivity contribution is 9.10. The highest BCUT2D eigenvalue weighted by atomic mass is 79.9. The Kier molecular flexibility index (Phi) is 3.82. The Morgan fingerprint density at radius 3 is 2.76 bits per heavy atom. The molecule has 0 bridgehead atoms. The van der Waals surface area contributed by atoms with Crippen LogP contribution in [0.1, 0.15) is 39.0 Å². The summed E-state index contributed by atoms with van der Waals surface area (Å²) in [5, 5.41) is 2.92. The molecule has 4 heteroatoms. The molecule has 1 aliphatic rings. The Balaban J connectivity index is 2.08. The van der Waals surface area contributed by atoms with Crippen molar-refractivity contribution in [2.45, 2.75) is 39.0 Å². The summed E-state index contributed by atoms with van der Waals surface area (Å²) in [5.41, 5.74) is -0.227. The van der Waals surface area contributed by atoms with Crippen LogP contribution >= 0.6 is 15.9 Å². The average Bonchev–Trinajstić information content (AvgIpc) is 2.33. The van der Waals surface area contributed by atoms with E-state index in [1.807, 2.05) is 12.1 Å². The standard InChI is InChI=1S/C13H17BrN2O/c1-13(7-3-2-4-8-13)12(17)16-11-10(14)6-5-9-15-11/h5-6,9H,2-4,7-8H2,1H3,(H,15,16,17). The van der Waals surface area contributed by atoms with Gasteiger partial charge in [-0.05, 0) is 40.9 Å². The van der Waals surface area contributed by atoms with E-state index in [1.54, 1.807) is 6.20 Å². The van der Waals surface area contributed by atoms with Crippen molar-refractivity contribution in [3.05, 3.63) is 22.8 Å². The van der Waals surface area contributed by atoms with Gasteiger partial charge in [0.25, 0.3) is 0 Å². The van der Waals surface area contributed by atoms with Crippen LogP contribution in [0.4, 0.5) is 5.82 Å². The van der Waals surface area contributed by atoms with Gasteiger partial charge in [-0.2, -0.15) is 0 Å². The molecule has 0 saturated heterocycles. The number of rotatable bonds is 2. The summed E-state index contributed by atoms with van der Waals surface area (Å²) in [5.74, 6) is 0.709. The molecule has 92 valence electrons. The average molecular weight is 297 g/mol. The lowest BCUT2D eigenvalue weighted by Crippen LogP contribution is -2.35. The molecule has 0 aromatic carbocycles. The lowest BCUT2D eigenvalue weighted by molar-refractivity contribution is -0.126. The molecule has 2 rings (SSSR count). The fraction of sp³-hybridized carbons (Fsp3) is 0.538. The Morgan fingerprint density at radius 2 is 2.12 bits per heavy atom. The number of carbonyl (C=O) groups excluding carboxylic acids is 1. The van der Waals surface area contributed by atoms with E-state index in [0.717, 1.165) is 30.2 Å². The van der Waals surface area contributed by atoms with E-state index < -0.39 is 0 Å². The molecule has 3 nitrogen and oxygen atoms in total. The van der Waals surface area contributed by atoms with E-state index in [4.69, 9.17) is 0 Å². The molecule has 17 heavy (non-hydrogen) atoms. The molecule has 0 aliphatic heterocycles. The van der Waals surface area contributed by atoms with E-state index in [1.165, 1.54) is 6.42 Å². The van der Waals surface area contributed by atoms with Crippen LogP contribution in [0.15, 0.2) is 22.8 Å². The van der Waals surface area contributed by atoms with E-state index >= 15 is 0 Å². The van der Waals surface area contributed by atoms with Crippen LogP contribution in [0.5, 0.6) is 0 Å². The fourth-order valence-electron chi connectivity index (χ4n) is 2.30. The minimum Gasteiger partial charge on any atom is -0.309 e. The number of hydrogen-bond acceptors (Lipinski definition) is 2. The molecular formula is C13H17BrN2O. The molecule has 1 saturated carbocycles. The zero-order chi connectivity index (χ0) is 12.3. The molecule has 0 unspecified atom stereocenters. The number of anilines is 1. The maximum atomic E-state index is 12.3. The predicted molar refractivity (Wildman–Crippen MR) is 71.8 cm³/mol. The third-order valence-electron chi connectivity index (χ3n) is 3.50.